The fourth-order valence-corrected chi connectivity index (χ4v) is 3.37. The molecule has 0 bridgehead atoms. The second-order valence-corrected chi connectivity index (χ2v) is 6.92. The van der Waals surface area contributed by atoms with Crippen LogP contribution in [0.2, 0.25) is 0 Å². The van der Waals surface area contributed by atoms with Crippen molar-refractivity contribution in [1.29, 1.82) is 0 Å². The first kappa shape index (κ1) is 20.9. The van der Waals surface area contributed by atoms with Gasteiger partial charge in [-0.3, -0.25) is 10.4 Å². The molecule has 164 valence electrons. The number of nitrogens with one attached hydrogen (secondary N) is 3. The smallest absolute Gasteiger partial charge is 0.345 e. The van der Waals surface area contributed by atoms with Crippen molar-refractivity contribution in [1.82, 2.24) is 20.5 Å². The van der Waals surface area contributed by atoms with Crippen LogP contribution in [0.4, 0.5) is 25.2 Å². The number of anilines is 2. The maximum absolute atomic E-state index is 12.5. The van der Waals surface area contributed by atoms with E-state index in [-0.39, 0.29) is 6.61 Å². The highest BCUT2D eigenvalue weighted by Gasteiger charge is 2.19. The lowest BCUT2D eigenvalue weighted by Crippen LogP contribution is -2.36. The third-order valence-corrected chi connectivity index (χ3v) is 4.88. The van der Waals surface area contributed by atoms with E-state index >= 15 is 0 Å². The molecule has 2 amide bonds. The molecule has 1 atom stereocenters. The number of hydrogen-bond donors (Lipinski definition) is 3. The van der Waals surface area contributed by atoms with Crippen molar-refractivity contribution in [2.24, 2.45) is 0 Å². The van der Waals surface area contributed by atoms with Gasteiger partial charge in [-0.2, -0.15) is 13.9 Å². The second kappa shape index (κ2) is 9.67. The van der Waals surface area contributed by atoms with Gasteiger partial charge in [0, 0.05) is 25.4 Å². The molecule has 1 aliphatic heterocycles. The molecule has 1 aromatic carbocycles. The molecule has 1 fully saturated rings. The number of alkyl halides is 2. The van der Waals surface area contributed by atoms with Gasteiger partial charge in [-0.25, -0.2) is 9.78 Å². The topological polar surface area (TPSA) is 104 Å². The van der Waals surface area contributed by atoms with Crippen LogP contribution >= 0.6 is 0 Å². The second-order valence-electron chi connectivity index (χ2n) is 6.92. The summed E-state index contributed by atoms with van der Waals surface area (Å²) in [7, 11) is 0. The SMILES string of the molecule is O=C(Nc1cc2[nH]nc(N3CCOCC3)c2cn1)N[C@H](COC(F)F)c1ccccc1. The minimum Gasteiger partial charge on any atom is -0.378 e. The zero-order valence-corrected chi connectivity index (χ0v) is 16.6. The Hall–Kier alpha value is -3.31. The number of rotatable bonds is 7. The number of carbonyl (C=O) groups excluding carboxylic acids is 1. The van der Waals surface area contributed by atoms with Crippen molar-refractivity contribution in [2.45, 2.75) is 12.7 Å². The lowest BCUT2D eigenvalue weighted by atomic mass is 10.1. The van der Waals surface area contributed by atoms with Crippen molar-refractivity contribution < 1.29 is 23.0 Å². The van der Waals surface area contributed by atoms with Crippen molar-refractivity contribution >= 4 is 28.6 Å². The van der Waals surface area contributed by atoms with Crippen LogP contribution in [-0.4, -0.2) is 60.7 Å². The number of fused-ring (bicyclic) bond motifs is 1. The Balaban J connectivity index is 1.44. The maximum atomic E-state index is 12.5. The molecule has 0 saturated carbocycles. The standard InChI is InChI=1S/C20H22F2N6O3/c21-19(22)31-12-16(13-4-2-1-3-5-13)24-20(29)25-17-10-15-14(11-23-17)18(27-26-15)28-6-8-30-9-7-28/h1-5,10-11,16,19H,6-9,12H2,(H,26,27)(H2,23,24,25,29)/t16-/m1/s1. The van der Waals surface area contributed by atoms with E-state index in [4.69, 9.17) is 4.74 Å². The largest absolute Gasteiger partial charge is 0.378 e. The zero-order chi connectivity index (χ0) is 21.6. The van der Waals surface area contributed by atoms with Gasteiger partial charge < -0.3 is 19.7 Å². The van der Waals surface area contributed by atoms with Crippen molar-refractivity contribution in [2.75, 3.05) is 43.1 Å². The molecule has 9 nitrogen and oxygen atoms in total. The number of hydrogen-bond acceptors (Lipinski definition) is 6. The summed E-state index contributed by atoms with van der Waals surface area (Å²) in [4.78, 5) is 18.9. The van der Waals surface area contributed by atoms with Crippen LogP contribution in [-0.2, 0) is 9.47 Å². The number of carbonyl (C=O) groups is 1. The van der Waals surface area contributed by atoms with Crippen molar-refractivity contribution in [3.63, 3.8) is 0 Å². The van der Waals surface area contributed by atoms with E-state index in [1.54, 1.807) is 42.6 Å². The molecule has 1 aliphatic rings. The highest BCUT2D eigenvalue weighted by atomic mass is 19.3. The molecule has 0 unspecified atom stereocenters. The Morgan fingerprint density at radius 2 is 2.03 bits per heavy atom. The normalized spacial score (nSPS) is 15.3. The van der Waals surface area contributed by atoms with Gasteiger partial charge in [-0.15, -0.1) is 0 Å². The summed E-state index contributed by atoms with van der Waals surface area (Å²) in [5, 5.41) is 13.4. The van der Waals surface area contributed by atoms with Crippen LogP contribution in [0, 0.1) is 0 Å². The van der Waals surface area contributed by atoms with Crippen LogP contribution in [0.3, 0.4) is 0 Å². The number of morpholine rings is 1. The highest BCUT2D eigenvalue weighted by molar-refractivity contribution is 5.94. The van der Waals surface area contributed by atoms with Gasteiger partial charge in [0.05, 0.1) is 36.8 Å². The predicted molar refractivity (Wildman–Crippen MR) is 110 cm³/mol. The van der Waals surface area contributed by atoms with E-state index in [0.717, 1.165) is 24.3 Å². The Morgan fingerprint density at radius 3 is 2.77 bits per heavy atom. The third-order valence-electron chi connectivity index (χ3n) is 4.88. The van der Waals surface area contributed by atoms with E-state index in [1.165, 1.54) is 0 Å². The first-order chi connectivity index (χ1) is 15.1. The summed E-state index contributed by atoms with van der Waals surface area (Å²) >= 11 is 0. The minimum atomic E-state index is -2.93. The number of aromatic nitrogens is 3. The van der Waals surface area contributed by atoms with E-state index < -0.39 is 18.7 Å². The number of H-pyrrole nitrogens is 1. The molecule has 31 heavy (non-hydrogen) atoms. The van der Waals surface area contributed by atoms with Crippen LogP contribution in [0.15, 0.2) is 42.6 Å². The molecule has 11 heteroatoms. The van der Waals surface area contributed by atoms with Gasteiger partial charge in [0.25, 0.3) is 0 Å². The van der Waals surface area contributed by atoms with E-state index in [2.05, 4.69) is 35.5 Å². The fourth-order valence-electron chi connectivity index (χ4n) is 3.37. The number of nitrogens with zero attached hydrogens (tertiary/aromatic N) is 3. The number of benzene rings is 1. The number of amides is 2. The van der Waals surface area contributed by atoms with Crippen molar-refractivity contribution in [3.05, 3.63) is 48.2 Å². The van der Waals surface area contributed by atoms with Crippen LogP contribution < -0.4 is 15.5 Å². The average Bonchev–Trinajstić information content (AvgIpc) is 3.21. The maximum Gasteiger partial charge on any atom is 0.345 e. The molecule has 0 aliphatic carbocycles. The van der Waals surface area contributed by atoms with Gasteiger partial charge in [0.15, 0.2) is 5.82 Å². The molecule has 4 rings (SSSR count). The molecular weight excluding hydrogens is 410 g/mol. The first-order valence-electron chi connectivity index (χ1n) is 9.79. The van der Waals surface area contributed by atoms with Gasteiger partial charge in [-0.1, -0.05) is 30.3 Å². The summed E-state index contributed by atoms with van der Waals surface area (Å²) in [6.07, 6.45) is 1.63. The summed E-state index contributed by atoms with van der Waals surface area (Å²) in [6, 6.07) is 9.07. The van der Waals surface area contributed by atoms with Crippen LogP contribution in [0.25, 0.3) is 10.9 Å². The summed E-state index contributed by atoms with van der Waals surface area (Å²) in [5.41, 5.74) is 1.36. The molecule has 2 aromatic heterocycles. The average molecular weight is 432 g/mol. The van der Waals surface area contributed by atoms with E-state index in [1.807, 2.05) is 0 Å². The molecule has 3 aromatic rings. The Morgan fingerprint density at radius 1 is 1.26 bits per heavy atom. The molecule has 3 heterocycles. The molecule has 1 saturated heterocycles. The molecular formula is C20H22F2N6O3. The Kier molecular flexibility index (Phi) is 6.53. The lowest BCUT2D eigenvalue weighted by molar-refractivity contribution is -0.133. The number of halogens is 2. The molecule has 0 spiro atoms. The van der Waals surface area contributed by atoms with E-state index in [9.17, 15) is 13.6 Å². The monoisotopic (exact) mass is 432 g/mol. The van der Waals surface area contributed by atoms with Gasteiger partial charge in [0.1, 0.15) is 5.82 Å². The van der Waals surface area contributed by atoms with Gasteiger partial charge >= 0.3 is 12.6 Å². The Labute approximate surface area is 176 Å². The number of urea groups is 1. The minimum absolute atomic E-state index is 0.295. The summed E-state index contributed by atoms with van der Waals surface area (Å²) in [6.45, 7) is -0.543. The molecule has 0 radical (unpaired) electrons. The fraction of sp³-hybridized carbons (Fsp3) is 0.350. The van der Waals surface area contributed by atoms with Crippen molar-refractivity contribution in [3.8, 4) is 0 Å². The first-order valence-corrected chi connectivity index (χ1v) is 9.79. The summed E-state index contributed by atoms with van der Waals surface area (Å²) < 4.78 is 34.8. The quantitative estimate of drug-likeness (QED) is 0.530. The lowest BCUT2D eigenvalue weighted by Gasteiger charge is -2.26. The zero-order valence-electron chi connectivity index (χ0n) is 16.6. The van der Waals surface area contributed by atoms with Gasteiger partial charge in [-0.05, 0) is 5.56 Å². The summed E-state index contributed by atoms with van der Waals surface area (Å²) in [5.74, 6) is 1.08. The molecule has 3 N–H and O–H groups in total. The number of pyridine rings is 1. The highest BCUT2D eigenvalue weighted by Crippen LogP contribution is 2.25. The third kappa shape index (κ3) is 5.25. The number of ether oxygens (including phenoxy) is 2. The van der Waals surface area contributed by atoms with Crippen LogP contribution in [0.1, 0.15) is 11.6 Å². The predicted octanol–water partition coefficient (Wildman–Crippen LogP) is 2.90. The van der Waals surface area contributed by atoms with E-state index in [0.29, 0.717) is 30.1 Å². The van der Waals surface area contributed by atoms with Gasteiger partial charge in [0.2, 0.25) is 0 Å². The number of aromatic amines is 1. The Bertz CT molecular complexity index is 1010. The van der Waals surface area contributed by atoms with Crippen LogP contribution in [0.5, 0.6) is 0 Å².